The average Bonchev–Trinajstić information content (AvgIpc) is 2.45. The van der Waals surface area contributed by atoms with Crippen LogP contribution in [0.2, 0.25) is 0 Å². The summed E-state index contributed by atoms with van der Waals surface area (Å²) in [6.45, 7) is 5.65. The highest BCUT2D eigenvalue weighted by atomic mass is 16.4. The Kier molecular flexibility index (Phi) is 5.58. The molecule has 0 aromatic heterocycles. The minimum absolute atomic E-state index is 0.0821. The van der Waals surface area contributed by atoms with E-state index in [4.69, 9.17) is 5.73 Å². The van der Waals surface area contributed by atoms with Gasteiger partial charge in [0.15, 0.2) is 0 Å². The Hall–Kier alpha value is -2.24. The lowest BCUT2D eigenvalue weighted by Crippen LogP contribution is -2.46. The van der Waals surface area contributed by atoms with Gasteiger partial charge in [0.1, 0.15) is 6.04 Å². The highest BCUT2D eigenvalue weighted by Crippen LogP contribution is 2.24. The third kappa shape index (κ3) is 4.11. The summed E-state index contributed by atoms with van der Waals surface area (Å²) in [4.78, 5) is 25.1. The number of carbonyl (C=O) groups excluding carboxylic acids is 1. The van der Waals surface area contributed by atoms with E-state index in [-0.39, 0.29) is 17.5 Å². The second kappa shape index (κ2) is 6.97. The Morgan fingerprint density at radius 1 is 1.38 bits per heavy atom. The maximum atomic E-state index is 12.2. The van der Waals surface area contributed by atoms with Gasteiger partial charge < -0.3 is 21.1 Å². The number of carboxylic acid groups (broad SMARTS) is 1. The van der Waals surface area contributed by atoms with E-state index in [2.05, 4.69) is 5.32 Å². The standard InChI is InChI=1S/C15H23N3O3/c1-5-9(2)17-14(19)10(3)18(4)13-7-6-11(16)8-12(13)15(20)21/h6-10H,5,16H2,1-4H3,(H,17,19)(H,20,21). The molecule has 0 aliphatic rings. The second-order valence-electron chi connectivity index (χ2n) is 5.19. The van der Waals surface area contributed by atoms with Crippen LogP contribution in [0.3, 0.4) is 0 Å². The van der Waals surface area contributed by atoms with Crippen LogP contribution >= 0.6 is 0 Å². The number of hydrogen-bond donors (Lipinski definition) is 3. The third-order valence-corrected chi connectivity index (χ3v) is 3.59. The number of nitrogen functional groups attached to an aromatic ring is 1. The van der Waals surface area contributed by atoms with Gasteiger partial charge >= 0.3 is 5.97 Å². The fraction of sp³-hybridized carbons (Fsp3) is 0.467. The zero-order chi connectivity index (χ0) is 16.2. The Labute approximate surface area is 124 Å². The summed E-state index contributed by atoms with van der Waals surface area (Å²) in [5.41, 5.74) is 6.55. The molecule has 0 aliphatic carbocycles. The largest absolute Gasteiger partial charge is 0.478 e. The van der Waals surface area contributed by atoms with Crippen molar-refractivity contribution in [2.24, 2.45) is 0 Å². The molecule has 21 heavy (non-hydrogen) atoms. The number of carboxylic acids is 1. The number of hydrogen-bond acceptors (Lipinski definition) is 4. The van der Waals surface area contributed by atoms with Crippen LogP contribution in [0, 0.1) is 0 Å². The number of nitrogens with one attached hydrogen (secondary N) is 1. The number of nitrogens with zero attached hydrogens (tertiary/aromatic N) is 1. The van der Waals surface area contributed by atoms with Gasteiger partial charge in [-0.15, -0.1) is 0 Å². The van der Waals surface area contributed by atoms with Crippen LogP contribution in [0.5, 0.6) is 0 Å². The van der Waals surface area contributed by atoms with Crippen LogP contribution in [-0.2, 0) is 4.79 Å². The van der Waals surface area contributed by atoms with Gasteiger partial charge in [0, 0.05) is 18.8 Å². The van der Waals surface area contributed by atoms with Crippen molar-refractivity contribution in [2.45, 2.75) is 39.3 Å². The summed E-state index contributed by atoms with van der Waals surface area (Å²) >= 11 is 0. The molecule has 0 spiro atoms. The average molecular weight is 293 g/mol. The first kappa shape index (κ1) is 16.8. The molecule has 0 fully saturated rings. The van der Waals surface area contributed by atoms with E-state index in [9.17, 15) is 14.7 Å². The van der Waals surface area contributed by atoms with Crippen LogP contribution in [0.1, 0.15) is 37.6 Å². The van der Waals surface area contributed by atoms with Gasteiger partial charge in [-0.05, 0) is 38.5 Å². The van der Waals surface area contributed by atoms with Crippen molar-refractivity contribution in [3.63, 3.8) is 0 Å². The first-order valence-electron chi connectivity index (χ1n) is 6.93. The van der Waals surface area contributed by atoms with E-state index in [1.807, 2.05) is 13.8 Å². The molecule has 1 rings (SSSR count). The van der Waals surface area contributed by atoms with Crippen molar-refractivity contribution in [2.75, 3.05) is 17.7 Å². The molecule has 1 amide bonds. The van der Waals surface area contributed by atoms with Crippen molar-refractivity contribution in [1.29, 1.82) is 0 Å². The predicted molar refractivity (Wildman–Crippen MR) is 83.6 cm³/mol. The van der Waals surface area contributed by atoms with Crippen molar-refractivity contribution >= 4 is 23.3 Å². The fourth-order valence-electron chi connectivity index (χ4n) is 1.88. The first-order valence-corrected chi connectivity index (χ1v) is 6.93. The Morgan fingerprint density at radius 2 is 2.00 bits per heavy atom. The lowest BCUT2D eigenvalue weighted by atomic mass is 10.1. The Balaban J connectivity index is 3.00. The van der Waals surface area contributed by atoms with Gasteiger partial charge in [0.05, 0.1) is 11.3 Å². The van der Waals surface area contributed by atoms with E-state index in [0.29, 0.717) is 11.4 Å². The molecule has 0 bridgehead atoms. The SMILES string of the molecule is CCC(C)NC(=O)C(C)N(C)c1ccc(N)cc1C(=O)O. The molecule has 6 heteroatoms. The van der Waals surface area contributed by atoms with Crippen molar-refractivity contribution in [3.8, 4) is 0 Å². The maximum Gasteiger partial charge on any atom is 0.337 e. The van der Waals surface area contributed by atoms with Gasteiger partial charge in [-0.2, -0.15) is 0 Å². The van der Waals surface area contributed by atoms with Crippen LogP contribution < -0.4 is 16.0 Å². The smallest absolute Gasteiger partial charge is 0.337 e. The molecule has 116 valence electrons. The number of amides is 1. The van der Waals surface area contributed by atoms with E-state index >= 15 is 0 Å². The molecule has 0 saturated carbocycles. The van der Waals surface area contributed by atoms with Crippen LogP contribution in [0.15, 0.2) is 18.2 Å². The summed E-state index contributed by atoms with van der Waals surface area (Å²) in [5, 5.41) is 12.1. The molecule has 0 heterocycles. The summed E-state index contributed by atoms with van der Waals surface area (Å²) in [7, 11) is 1.69. The molecule has 1 aromatic rings. The highest BCUT2D eigenvalue weighted by Gasteiger charge is 2.23. The van der Waals surface area contributed by atoms with Crippen LogP contribution in [-0.4, -0.2) is 36.1 Å². The summed E-state index contributed by atoms with van der Waals surface area (Å²) in [6.07, 6.45) is 0.838. The molecule has 2 atom stereocenters. The molecule has 2 unspecified atom stereocenters. The number of aromatic carboxylic acids is 1. The number of nitrogens with two attached hydrogens (primary N) is 1. The number of anilines is 2. The zero-order valence-electron chi connectivity index (χ0n) is 12.9. The minimum atomic E-state index is -1.07. The van der Waals surface area contributed by atoms with E-state index < -0.39 is 12.0 Å². The second-order valence-corrected chi connectivity index (χ2v) is 5.19. The predicted octanol–water partition coefficient (Wildman–Crippen LogP) is 1.71. The van der Waals surface area contributed by atoms with Crippen LogP contribution in [0.4, 0.5) is 11.4 Å². The van der Waals surface area contributed by atoms with Gasteiger partial charge in [0.25, 0.3) is 0 Å². The number of carbonyl (C=O) groups is 2. The lowest BCUT2D eigenvalue weighted by molar-refractivity contribution is -0.122. The van der Waals surface area contributed by atoms with Gasteiger partial charge in [-0.25, -0.2) is 4.79 Å². The van der Waals surface area contributed by atoms with Crippen molar-refractivity contribution in [1.82, 2.24) is 5.32 Å². The van der Waals surface area contributed by atoms with E-state index in [1.54, 1.807) is 31.0 Å². The van der Waals surface area contributed by atoms with E-state index in [1.165, 1.54) is 6.07 Å². The molecule has 1 aromatic carbocycles. The monoisotopic (exact) mass is 293 g/mol. The molecular weight excluding hydrogens is 270 g/mol. The Morgan fingerprint density at radius 3 is 2.52 bits per heavy atom. The summed E-state index contributed by atoms with van der Waals surface area (Å²) in [6, 6.07) is 4.23. The molecule has 6 nitrogen and oxygen atoms in total. The molecule has 0 aliphatic heterocycles. The Bertz CT molecular complexity index is 531. The summed E-state index contributed by atoms with van der Waals surface area (Å²) in [5.74, 6) is -1.21. The molecule has 0 saturated heterocycles. The number of rotatable bonds is 6. The highest BCUT2D eigenvalue weighted by molar-refractivity contribution is 5.97. The molecular formula is C15H23N3O3. The molecule has 4 N–H and O–H groups in total. The fourth-order valence-corrected chi connectivity index (χ4v) is 1.88. The number of likely N-dealkylation sites (N-methyl/N-ethyl adjacent to an activating group) is 1. The van der Waals surface area contributed by atoms with E-state index in [0.717, 1.165) is 6.42 Å². The number of benzene rings is 1. The molecule has 0 radical (unpaired) electrons. The lowest BCUT2D eigenvalue weighted by Gasteiger charge is -2.28. The third-order valence-electron chi connectivity index (χ3n) is 3.59. The topological polar surface area (TPSA) is 95.7 Å². The maximum absolute atomic E-state index is 12.2. The minimum Gasteiger partial charge on any atom is -0.478 e. The van der Waals surface area contributed by atoms with Crippen molar-refractivity contribution < 1.29 is 14.7 Å². The van der Waals surface area contributed by atoms with Gasteiger partial charge in [-0.1, -0.05) is 6.92 Å². The van der Waals surface area contributed by atoms with Crippen molar-refractivity contribution in [3.05, 3.63) is 23.8 Å². The summed E-state index contributed by atoms with van der Waals surface area (Å²) < 4.78 is 0. The van der Waals surface area contributed by atoms with Gasteiger partial charge in [-0.3, -0.25) is 4.79 Å². The normalized spacial score (nSPS) is 13.3. The quantitative estimate of drug-likeness (QED) is 0.694. The van der Waals surface area contributed by atoms with Crippen LogP contribution in [0.25, 0.3) is 0 Å². The first-order chi connectivity index (χ1) is 9.77. The van der Waals surface area contributed by atoms with Gasteiger partial charge in [0.2, 0.25) is 5.91 Å². The zero-order valence-corrected chi connectivity index (χ0v) is 12.9.